The van der Waals surface area contributed by atoms with Crippen molar-refractivity contribution in [3.8, 4) is 0 Å². The zero-order valence-corrected chi connectivity index (χ0v) is 7.84. The number of carbonyl (C=O) groups excluding carboxylic acids is 1. The number of methoxy groups -OCH3 is 1. The normalized spacial score (nSPS) is 38.8. The molecule has 0 aromatic rings. The minimum absolute atomic E-state index is 0.216. The molecular weight excluding hydrogens is 170 g/mol. The second kappa shape index (κ2) is 3.18. The first-order valence-corrected chi connectivity index (χ1v) is 4.74. The molecule has 74 valence electrons. The van der Waals surface area contributed by atoms with Crippen LogP contribution in [0, 0.1) is 0 Å². The maximum absolute atomic E-state index is 10.9. The van der Waals surface area contributed by atoms with Crippen molar-refractivity contribution in [2.24, 2.45) is 0 Å². The van der Waals surface area contributed by atoms with Gasteiger partial charge in [0.05, 0.1) is 12.6 Å². The molecule has 2 aliphatic rings. The van der Waals surface area contributed by atoms with E-state index in [1.54, 1.807) is 7.11 Å². The van der Waals surface area contributed by atoms with Gasteiger partial charge >= 0.3 is 6.09 Å². The van der Waals surface area contributed by atoms with Crippen LogP contribution in [0.25, 0.3) is 0 Å². The summed E-state index contributed by atoms with van der Waals surface area (Å²) in [6.07, 6.45) is 3.91. The monoisotopic (exact) mass is 185 g/mol. The van der Waals surface area contributed by atoms with Gasteiger partial charge in [-0.2, -0.15) is 0 Å². The molecule has 2 fully saturated rings. The summed E-state index contributed by atoms with van der Waals surface area (Å²) in [7, 11) is 1.74. The minimum Gasteiger partial charge on any atom is -0.441 e. The van der Waals surface area contributed by atoms with Crippen molar-refractivity contribution >= 4 is 6.09 Å². The lowest BCUT2D eigenvalue weighted by atomic mass is 9.83. The molecule has 1 aliphatic carbocycles. The third-order valence-electron chi connectivity index (χ3n) is 3.04. The summed E-state index contributed by atoms with van der Waals surface area (Å²) >= 11 is 0. The van der Waals surface area contributed by atoms with Crippen LogP contribution in [0.15, 0.2) is 0 Å². The SMILES string of the molecule is COC1CCC2(CC1)CNC(=O)O2. The van der Waals surface area contributed by atoms with Crippen LogP contribution >= 0.6 is 0 Å². The molecule has 1 spiro atoms. The van der Waals surface area contributed by atoms with Gasteiger partial charge in [-0.1, -0.05) is 0 Å². The van der Waals surface area contributed by atoms with Gasteiger partial charge in [-0.3, -0.25) is 0 Å². The van der Waals surface area contributed by atoms with Crippen LogP contribution < -0.4 is 5.32 Å². The van der Waals surface area contributed by atoms with E-state index in [2.05, 4.69) is 5.32 Å². The van der Waals surface area contributed by atoms with E-state index in [-0.39, 0.29) is 11.7 Å². The van der Waals surface area contributed by atoms with Crippen molar-refractivity contribution in [2.75, 3.05) is 13.7 Å². The summed E-state index contributed by atoms with van der Waals surface area (Å²) in [6, 6.07) is 0. The van der Waals surface area contributed by atoms with E-state index in [1.165, 1.54) is 0 Å². The van der Waals surface area contributed by atoms with E-state index < -0.39 is 0 Å². The summed E-state index contributed by atoms with van der Waals surface area (Å²) in [5, 5.41) is 2.71. The van der Waals surface area contributed by atoms with E-state index in [0.717, 1.165) is 25.7 Å². The van der Waals surface area contributed by atoms with Crippen molar-refractivity contribution < 1.29 is 14.3 Å². The Kier molecular flexibility index (Phi) is 2.15. The van der Waals surface area contributed by atoms with Gasteiger partial charge < -0.3 is 14.8 Å². The number of carbonyl (C=O) groups is 1. The van der Waals surface area contributed by atoms with Crippen molar-refractivity contribution in [1.82, 2.24) is 5.32 Å². The van der Waals surface area contributed by atoms with E-state index in [4.69, 9.17) is 9.47 Å². The van der Waals surface area contributed by atoms with Crippen LogP contribution in [0.4, 0.5) is 4.79 Å². The standard InChI is InChI=1S/C9H15NO3/c1-12-7-2-4-9(5-3-7)6-10-8(11)13-9/h7H,2-6H2,1H3,(H,10,11). The Hall–Kier alpha value is -0.770. The van der Waals surface area contributed by atoms with Crippen LogP contribution in [0.5, 0.6) is 0 Å². The molecule has 13 heavy (non-hydrogen) atoms. The first-order chi connectivity index (χ1) is 6.24. The maximum atomic E-state index is 10.9. The van der Waals surface area contributed by atoms with Crippen molar-refractivity contribution in [1.29, 1.82) is 0 Å². The van der Waals surface area contributed by atoms with Gasteiger partial charge in [-0.05, 0) is 25.7 Å². The van der Waals surface area contributed by atoms with Crippen molar-refractivity contribution in [3.63, 3.8) is 0 Å². The molecule has 4 heteroatoms. The van der Waals surface area contributed by atoms with Gasteiger partial charge in [-0.15, -0.1) is 0 Å². The maximum Gasteiger partial charge on any atom is 0.407 e. The Bertz CT molecular complexity index is 209. The largest absolute Gasteiger partial charge is 0.441 e. The van der Waals surface area contributed by atoms with Gasteiger partial charge in [0.15, 0.2) is 0 Å². The summed E-state index contributed by atoms with van der Waals surface area (Å²) in [4.78, 5) is 10.9. The molecule has 0 atom stereocenters. The number of rotatable bonds is 1. The lowest BCUT2D eigenvalue weighted by Gasteiger charge is -2.33. The Morgan fingerprint density at radius 2 is 2.23 bits per heavy atom. The molecule has 0 bridgehead atoms. The highest BCUT2D eigenvalue weighted by Gasteiger charge is 2.43. The molecule has 0 unspecified atom stereocenters. The van der Waals surface area contributed by atoms with Gasteiger partial charge in [0.2, 0.25) is 0 Å². The second-order valence-corrected chi connectivity index (χ2v) is 3.86. The average molecular weight is 185 g/mol. The van der Waals surface area contributed by atoms with Crippen LogP contribution in [0.2, 0.25) is 0 Å². The Morgan fingerprint density at radius 3 is 2.69 bits per heavy atom. The van der Waals surface area contributed by atoms with Gasteiger partial charge in [0, 0.05) is 7.11 Å². The zero-order chi connectivity index (χ0) is 9.31. The molecule has 0 aromatic carbocycles. The number of amides is 1. The lowest BCUT2D eigenvalue weighted by molar-refractivity contribution is -0.0249. The molecule has 1 saturated carbocycles. The first-order valence-electron chi connectivity index (χ1n) is 4.74. The third kappa shape index (κ3) is 1.63. The number of alkyl carbamates (subject to hydrolysis) is 1. The predicted molar refractivity (Wildman–Crippen MR) is 46.5 cm³/mol. The van der Waals surface area contributed by atoms with Crippen molar-refractivity contribution in [2.45, 2.75) is 37.4 Å². The smallest absolute Gasteiger partial charge is 0.407 e. The predicted octanol–water partition coefficient (Wildman–Crippen LogP) is 1.05. The fourth-order valence-electron chi connectivity index (χ4n) is 2.13. The topological polar surface area (TPSA) is 47.6 Å². The Balaban J connectivity index is 1.93. The van der Waals surface area contributed by atoms with E-state index in [0.29, 0.717) is 12.6 Å². The lowest BCUT2D eigenvalue weighted by Crippen LogP contribution is -2.39. The molecular formula is C9H15NO3. The molecule has 0 aromatic heterocycles. The third-order valence-corrected chi connectivity index (χ3v) is 3.04. The molecule has 1 amide bonds. The number of nitrogens with one attached hydrogen (secondary N) is 1. The van der Waals surface area contributed by atoms with E-state index >= 15 is 0 Å². The highest BCUT2D eigenvalue weighted by Crippen LogP contribution is 2.34. The highest BCUT2D eigenvalue weighted by atomic mass is 16.6. The molecule has 1 aliphatic heterocycles. The molecule has 4 nitrogen and oxygen atoms in total. The van der Waals surface area contributed by atoms with Crippen molar-refractivity contribution in [3.05, 3.63) is 0 Å². The summed E-state index contributed by atoms with van der Waals surface area (Å²) in [5.41, 5.74) is -0.216. The van der Waals surface area contributed by atoms with Gasteiger partial charge in [0.1, 0.15) is 5.60 Å². The highest BCUT2D eigenvalue weighted by molar-refractivity contribution is 5.70. The van der Waals surface area contributed by atoms with Crippen LogP contribution in [-0.4, -0.2) is 31.5 Å². The number of hydrogen-bond donors (Lipinski definition) is 1. The Labute approximate surface area is 77.6 Å². The number of hydrogen-bond acceptors (Lipinski definition) is 3. The quantitative estimate of drug-likeness (QED) is 0.664. The summed E-state index contributed by atoms with van der Waals surface area (Å²) in [5.74, 6) is 0. The zero-order valence-electron chi connectivity index (χ0n) is 7.84. The summed E-state index contributed by atoms with van der Waals surface area (Å²) < 4.78 is 10.5. The Morgan fingerprint density at radius 1 is 1.54 bits per heavy atom. The van der Waals surface area contributed by atoms with Crippen LogP contribution in [0.3, 0.4) is 0 Å². The van der Waals surface area contributed by atoms with Crippen LogP contribution in [0.1, 0.15) is 25.7 Å². The van der Waals surface area contributed by atoms with Gasteiger partial charge in [-0.25, -0.2) is 4.79 Å². The molecule has 1 heterocycles. The minimum atomic E-state index is -0.268. The molecule has 1 saturated heterocycles. The fourth-order valence-corrected chi connectivity index (χ4v) is 2.13. The average Bonchev–Trinajstić information content (AvgIpc) is 2.49. The molecule has 0 radical (unpaired) electrons. The van der Waals surface area contributed by atoms with Crippen LogP contribution in [-0.2, 0) is 9.47 Å². The molecule has 1 N–H and O–H groups in total. The molecule has 2 rings (SSSR count). The fraction of sp³-hybridized carbons (Fsp3) is 0.889. The van der Waals surface area contributed by atoms with Gasteiger partial charge in [0.25, 0.3) is 0 Å². The van der Waals surface area contributed by atoms with E-state index in [1.807, 2.05) is 0 Å². The van der Waals surface area contributed by atoms with E-state index in [9.17, 15) is 4.79 Å². The first kappa shape index (κ1) is 8.81. The second-order valence-electron chi connectivity index (χ2n) is 3.86. The number of ether oxygens (including phenoxy) is 2. The summed E-state index contributed by atoms with van der Waals surface area (Å²) in [6.45, 7) is 0.669.